The van der Waals surface area contributed by atoms with Gasteiger partial charge in [-0.2, -0.15) is 13.2 Å². The van der Waals surface area contributed by atoms with Gasteiger partial charge >= 0.3 is 6.18 Å². The maximum absolute atomic E-state index is 13.6. The number of allylic oxidation sites excluding steroid dienone is 1. The highest BCUT2D eigenvalue weighted by atomic mass is 19.4. The van der Waals surface area contributed by atoms with Crippen LogP contribution in [0.4, 0.5) is 13.2 Å². The van der Waals surface area contributed by atoms with E-state index in [0.717, 1.165) is 26.2 Å². The fourth-order valence-corrected chi connectivity index (χ4v) is 5.30. The zero-order valence-electron chi connectivity index (χ0n) is 18.9. The van der Waals surface area contributed by atoms with Gasteiger partial charge in [-0.15, -0.1) is 0 Å². The molecule has 0 aliphatic heterocycles. The number of phenolic OH excluding ortho intramolecular Hbond substituents is 1. The number of alkyl halides is 3. The number of carbonyl (C=O) groups excluding carboxylic acids is 3. The number of carbonyl (C=O) groups is 3. The molecule has 4 atom stereocenters. The molecule has 3 aliphatic carbocycles. The number of rotatable bonds is 3. The van der Waals surface area contributed by atoms with E-state index in [-0.39, 0.29) is 24.0 Å². The van der Waals surface area contributed by atoms with Gasteiger partial charge in [0.15, 0.2) is 11.4 Å². The number of benzene rings is 1. The van der Waals surface area contributed by atoms with Crippen molar-refractivity contribution in [1.29, 1.82) is 0 Å². The number of phenols is 1. The number of amides is 1. The SMILES string of the molecule is CO/N=C1\C(O)=C(C(N)=O)C(=O)[C@@]2(O)C(=O)C3=C(O)c4c(O)ccc(C(C)C(F)(F)F)c4C[C@H]3C[C@@H]12. The number of ketones is 2. The van der Waals surface area contributed by atoms with E-state index < -0.39 is 86.7 Å². The molecule has 1 aromatic carbocycles. The highest BCUT2D eigenvalue weighted by Gasteiger charge is 2.64. The van der Waals surface area contributed by atoms with E-state index >= 15 is 0 Å². The van der Waals surface area contributed by atoms with Crippen LogP contribution in [0.5, 0.6) is 5.75 Å². The van der Waals surface area contributed by atoms with Gasteiger partial charge in [0, 0.05) is 5.57 Å². The van der Waals surface area contributed by atoms with Crippen LogP contribution in [-0.2, 0) is 25.6 Å². The van der Waals surface area contributed by atoms with Crippen LogP contribution in [0.1, 0.15) is 36.0 Å². The van der Waals surface area contributed by atoms with Crippen LogP contribution in [0.2, 0.25) is 0 Å². The van der Waals surface area contributed by atoms with Crippen LogP contribution in [0.3, 0.4) is 0 Å². The summed E-state index contributed by atoms with van der Waals surface area (Å²) in [6.07, 6.45) is -5.29. The summed E-state index contributed by atoms with van der Waals surface area (Å²) in [5.74, 6) is -11.5. The molecule has 0 spiro atoms. The van der Waals surface area contributed by atoms with Crippen LogP contribution in [0.25, 0.3) is 5.76 Å². The number of oxime groups is 1. The van der Waals surface area contributed by atoms with Gasteiger partial charge in [-0.1, -0.05) is 11.2 Å². The fourth-order valence-electron chi connectivity index (χ4n) is 5.30. The number of aromatic hydroxyl groups is 1. The Morgan fingerprint density at radius 2 is 1.83 bits per heavy atom. The van der Waals surface area contributed by atoms with Gasteiger partial charge in [0.05, 0.1) is 17.4 Å². The molecule has 3 aliphatic rings. The highest BCUT2D eigenvalue weighted by molar-refractivity contribution is 6.38. The highest BCUT2D eigenvalue weighted by Crippen LogP contribution is 2.52. The molecular weight excluding hydrogens is 489 g/mol. The Labute approximate surface area is 201 Å². The second-order valence-corrected chi connectivity index (χ2v) is 8.91. The molecular formula is C23H21F3N2O8. The molecule has 10 nitrogen and oxygen atoms in total. The van der Waals surface area contributed by atoms with E-state index in [1.165, 1.54) is 0 Å². The number of fused-ring (bicyclic) bond motifs is 3. The first-order valence-electron chi connectivity index (χ1n) is 10.7. The van der Waals surface area contributed by atoms with Gasteiger partial charge in [0.2, 0.25) is 11.6 Å². The Morgan fingerprint density at radius 3 is 2.39 bits per heavy atom. The maximum atomic E-state index is 13.6. The molecule has 6 N–H and O–H groups in total. The molecule has 192 valence electrons. The summed E-state index contributed by atoms with van der Waals surface area (Å²) in [7, 11) is 1.06. The summed E-state index contributed by atoms with van der Waals surface area (Å²) in [6.45, 7) is 0.908. The predicted octanol–water partition coefficient (Wildman–Crippen LogP) is 1.70. The van der Waals surface area contributed by atoms with Crippen molar-refractivity contribution in [1.82, 2.24) is 0 Å². The fraction of sp³-hybridized carbons (Fsp3) is 0.391. The molecule has 0 aromatic heterocycles. The molecule has 1 aromatic rings. The summed E-state index contributed by atoms with van der Waals surface area (Å²) in [4.78, 5) is 43.1. The standard InChI is InChI=1S/C23H21F3N2O8/c1-7(23(24,25)26)9-3-4-12(29)14-10(9)5-8-6-11-16(28-36-2)18(31)15(21(27)34)20(33)22(11,35)19(32)13(8)17(14)30/h3-4,7-8,11,29-31,35H,5-6H2,1-2H3,(H2,27,34)/b28-16-/t7?,8-,11-,22-/m0/s1. The number of aliphatic hydroxyl groups is 3. The Balaban J connectivity index is 1.96. The molecule has 0 heterocycles. The van der Waals surface area contributed by atoms with E-state index in [0.29, 0.717) is 0 Å². The average Bonchev–Trinajstić information content (AvgIpc) is 2.77. The second kappa shape index (κ2) is 8.08. The number of Topliss-reactive ketones (excluding diaryl/α,β-unsaturated/α-hetero) is 2. The van der Waals surface area contributed by atoms with E-state index in [4.69, 9.17) is 5.73 Å². The number of nitrogens with two attached hydrogens (primary N) is 1. The summed E-state index contributed by atoms with van der Waals surface area (Å²) in [5, 5.41) is 46.8. The first-order chi connectivity index (χ1) is 16.7. The zero-order chi connectivity index (χ0) is 26.9. The average molecular weight is 510 g/mol. The Hall–Kier alpha value is -3.87. The number of hydrogen-bond acceptors (Lipinski definition) is 9. The minimum atomic E-state index is -4.65. The Kier molecular flexibility index (Phi) is 5.66. The van der Waals surface area contributed by atoms with Crippen molar-refractivity contribution in [2.24, 2.45) is 22.7 Å². The van der Waals surface area contributed by atoms with Gasteiger partial charge in [-0.25, -0.2) is 0 Å². The van der Waals surface area contributed by atoms with Gasteiger partial charge < -0.3 is 31.0 Å². The van der Waals surface area contributed by atoms with Crippen LogP contribution in [0.15, 0.2) is 34.2 Å². The van der Waals surface area contributed by atoms with Crippen LogP contribution in [0, 0.1) is 11.8 Å². The molecule has 36 heavy (non-hydrogen) atoms. The predicted molar refractivity (Wildman–Crippen MR) is 116 cm³/mol. The lowest BCUT2D eigenvalue weighted by Gasteiger charge is -2.45. The largest absolute Gasteiger partial charge is 0.507 e. The molecule has 0 bridgehead atoms. The molecule has 1 fully saturated rings. The summed E-state index contributed by atoms with van der Waals surface area (Å²) in [6, 6.07) is 2.01. The van der Waals surface area contributed by atoms with Crippen molar-refractivity contribution in [2.75, 3.05) is 7.11 Å². The molecule has 1 unspecified atom stereocenters. The van der Waals surface area contributed by atoms with Crippen LogP contribution < -0.4 is 5.73 Å². The van der Waals surface area contributed by atoms with Crippen LogP contribution in [-0.4, -0.2) is 62.5 Å². The zero-order valence-corrected chi connectivity index (χ0v) is 18.9. The molecule has 4 rings (SSSR count). The lowest BCUT2D eigenvalue weighted by Crippen LogP contribution is -2.64. The van der Waals surface area contributed by atoms with Gasteiger partial charge in [-0.3, -0.25) is 14.4 Å². The minimum Gasteiger partial charge on any atom is -0.507 e. The van der Waals surface area contributed by atoms with E-state index in [2.05, 4.69) is 9.99 Å². The minimum absolute atomic E-state index is 0.0609. The Morgan fingerprint density at radius 1 is 1.19 bits per heavy atom. The summed E-state index contributed by atoms with van der Waals surface area (Å²) >= 11 is 0. The third-order valence-corrected chi connectivity index (χ3v) is 7.07. The first-order valence-corrected chi connectivity index (χ1v) is 10.7. The molecule has 1 saturated carbocycles. The quantitative estimate of drug-likeness (QED) is 0.231. The molecule has 0 radical (unpaired) electrons. The molecule has 1 amide bonds. The van der Waals surface area contributed by atoms with Crippen molar-refractivity contribution >= 4 is 28.9 Å². The van der Waals surface area contributed by atoms with Crippen molar-refractivity contribution in [3.8, 4) is 5.75 Å². The molecule has 0 saturated heterocycles. The van der Waals surface area contributed by atoms with Crippen molar-refractivity contribution in [3.63, 3.8) is 0 Å². The second-order valence-electron chi connectivity index (χ2n) is 8.91. The number of aliphatic hydroxyl groups excluding tert-OH is 2. The lowest BCUT2D eigenvalue weighted by molar-refractivity contribution is -0.154. The number of hydrogen-bond donors (Lipinski definition) is 5. The van der Waals surface area contributed by atoms with E-state index in [1.54, 1.807) is 0 Å². The van der Waals surface area contributed by atoms with E-state index in [1.807, 2.05) is 0 Å². The van der Waals surface area contributed by atoms with Crippen LogP contribution >= 0.6 is 0 Å². The van der Waals surface area contributed by atoms with Gasteiger partial charge in [0.1, 0.15) is 29.9 Å². The number of primary amides is 1. The summed E-state index contributed by atoms with van der Waals surface area (Å²) in [5.41, 5.74) is -0.726. The number of nitrogens with zero attached hydrogens (tertiary/aromatic N) is 1. The van der Waals surface area contributed by atoms with Crippen molar-refractivity contribution in [3.05, 3.63) is 45.7 Å². The monoisotopic (exact) mass is 510 g/mol. The van der Waals surface area contributed by atoms with Gasteiger partial charge in [0.25, 0.3) is 5.91 Å². The maximum Gasteiger partial charge on any atom is 0.395 e. The van der Waals surface area contributed by atoms with E-state index in [9.17, 15) is 48.0 Å². The third kappa shape index (κ3) is 3.29. The first kappa shape index (κ1) is 25.2. The van der Waals surface area contributed by atoms with Crippen molar-refractivity contribution in [2.45, 2.75) is 37.5 Å². The normalized spacial score (nSPS) is 28.0. The Bertz CT molecular complexity index is 1310. The topological polar surface area (TPSA) is 180 Å². The lowest BCUT2D eigenvalue weighted by atomic mass is 9.58. The van der Waals surface area contributed by atoms with Crippen molar-refractivity contribution < 1.29 is 52.8 Å². The smallest absolute Gasteiger partial charge is 0.395 e. The summed E-state index contributed by atoms with van der Waals surface area (Å²) < 4.78 is 40.6. The number of halogens is 3. The van der Waals surface area contributed by atoms with Gasteiger partial charge in [-0.05, 0) is 42.9 Å². The third-order valence-electron chi connectivity index (χ3n) is 7.07. The molecule has 13 heteroatoms.